The number of carbonyl (C=O) groups is 4. The number of benzene rings is 3. The fraction of sp³-hybridized carbons (Fsp3) is 0.421. The van der Waals surface area contributed by atoms with Gasteiger partial charge in [-0.3, -0.25) is 14.5 Å². The molecule has 254 valence electrons. The molecule has 48 heavy (non-hydrogen) atoms. The van der Waals surface area contributed by atoms with Crippen molar-refractivity contribution in [2.45, 2.75) is 70.2 Å². The van der Waals surface area contributed by atoms with E-state index in [4.69, 9.17) is 4.74 Å². The normalized spacial score (nSPS) is 18.9. The lowest BCUT2D eigenvalue weighted by Crippen LogP contribution is -2.56. The van der Waals surface area contributed by atoms with E-state index in [9.17, 15) is 24.3 Å². The summed E-state index contributed by atoms with van der Waals surface area (Å²) in [5, 5.41) is 17.7. The Morgan fingerprint density at radius 2 is 1.52 bits per heavy atom. The lowest BCUT2D eigenvalue weighted by molar-refractivity contribution is -0.130. The number of rotatable bonds is 15. The second-order valence-corrected chi connectivity index (χ2v) is 13.1. The van der Waals surface area contributed by atoms with Gasteiger partial charge in [-0.05, 0) is 60.8 Å². The summed E-state index contributed by atoms with van der Waals surface area (Å²) in [6.07, 6.45) is -0.627. The van der Waals surface area contributed by atoms with Gasteiger partial charge in [0.2, 0.25) is 0 Å². The zero-order chi connectivity index (χ0) is 34.0. The SMILES string of the molecule is CC(C)[C@@H](C(=O)C[C@@H](Cc1ccccc1)C[C@H](O)[C@H](Cc1ccccc1)NC(=O)[C@@H]1CN(c2ccccc2)C(=O)O1)N1CCCNC1=O. The van der Waals surface area contributed by atoms with Crippen molar-refractivity contribution >= 4 is 29.5 Å². The summed E-state index contributed by atoms with van der Waals surface area (Å²) in [6, 6.07) is 26.9. The van der Waals surface area contributed by atoms with Crippen molar-refractivity contribution < 1.29 is 29.0 Å². The van der Waals surface area contributed by atoms with Crippen molar-refractivity contribution in [2.24, 2.45) is 11.8 Å². The van der Waals surface area contributed by atoms with E-state index in [0.29, 0.717) is 31.6 Å². The van der Waals surface area contributed by atoms with Crippen LogP contribution in [0.5, 0.6) is 0 Å². The topological polar surface area (TPSA) is 128 Å². The van der Waals surface area contributed by atoms with Crippen LogP contribution in [0, 0.1) is 11.8 Å². The van der Waals surface area contributed by atoms with Gasteiger partial charge >= 0.3 is 12.1 Å². The summed E-state index contributed by atoms with van der Waals surface area (Å²) in [5.41, 5.74) is 2.58. The maximum Gasteiger partial charge on any atom is 0.415 e. The van der Waals surface area contributed by atoms with Gasteiger partial charge in [-0.25, -0.2) is 9.59 Å². The Bertz CT molecular complexity index is 1520. The third kappa shape index (κ3) is 9.01. The number of anilines is 1. The van der Waals surface area contributed by atoms with E-state index >= 15 is 0 Å². The molecule has 2 fully saturated rings. The minimum atomic E-state index is -1.05. The molecule has 0 radical (unpaired) electrons. The number of cyclic esters (lactones) is 1. The van der Waals surface area contributed by atoms with Crippen molar-refractivity contribution in [1.29, 1.82) is 0 Å². The van der Waals surface area contributed by atoms with Crippen LogP contribution in [0.15, 0.2) is 91.0 Å². The fourth-order valence-electron chi connectivity index (χ4n) is 6.76. The summed E-state index contributed by atoms with van der Waals surface area (Å²) in [4.78, 5) is 56.0. The number of para-hydroxylation sites is 1. The minimum Gasteiger partial charge on any atom is -0.434 e. The average molecular weight is 655 g/mol. The van der Waals surface area contributed by atoms with Crippen molar-refractivity contribution in [3.05, 3.63) is 102 Å². The molecule has 3 aromatic carbocycles. The Morgan fingerprint density at radius 1 is 0.917 bits per heavy atom. The van der Waals surface area contributed by atoms with E-state index < -0.39 is 36.3 Å². The van der Waals surface area contributed by atoms with Gasteiger partial charge in [0, 0.05) is 25.2 Å². The Balaban J connectivity index is 1.34. The van der Waals surface area contributed by atoms with E-state index in [-0.39, 0.29) is 43.0 Å². The molecule has 0 unspecified atom stereocenters. The standard InChI is InChI=1S/C38H46N4O6/c1-26(2)35(41-20-12-19-39-37(41)46)33(44)24-29(21-27-13-6-3-7-14-27)23-32(43)31(22-28-15-8-4-9-16-28)40-36(45)34-25-42(38(47)48-34)30-17-10-5-11-18-30/h3-11,13-18,26,29,31-32,34-35,43H,12,19-25H2,1-2H3,(H,39,46)(H,40,45)/t29-,31-,32-,34-,35-/m0/s1. The number of hydrogen-bond acceptors (Lipinski definition) is 6. The van der Waals surface area contributed by atoms with Gasteiger partial charge in [-0.2, -0.15) is 0 Å². The highest BCUT2D eigenvalue weighted by atomic mass is 16.6. The molecule has 10 heteroatoms. The quantitative estimate of drug-likeness (QED) is 0.217. The number of ketones is 1. The monoisotopic (exact) mass is 654 g/mol. The van der Waals surface area contributed by atoms with Gasteiger partial charge in [0.1, 0.15) is 0 Å². The van der Waals surface area contributed by atoms with E-state index in [2.05, 4.69) is 10.6 Å². The molecule has 5 rings (SSSR count). The zero-order valence-corrected chi connectivity index (χ0v) is 27.7. The second-order valence-electron chi connectivity index (χ2n) is 13.1. The molecule has 0 aliphatic carbocycles. The number of nitrogens with zero attached hydrogens (tertiary/aromatic N) is 2. The van der Waals surface area contributed by atoms with Crippen molar-refractivity contribution in [3.63, 3.8) is 0 Å². The van der Waals surface area contributed by atoms with Crippen molar-refractivity contribution in [1.82, 2.24) is 15.5 Å². The molecule has 0 spiro atoms. The van der Waals surface area contributed by atoms with Crippen molar-refractivity contribution in [2.75, 3.05) is 24.5 Å². The molecule has 2 heterocycles. The Labute approximate surface area is 282 Å². The van der Waals surface area contributed by atoms with Gasteiger partial charge < -0.3 is 25.4 Å². The molecule has 4 amide bonds. The molecular weight excluding hydrogens is 608 g/mol. The average Bonchev–Trinajstić information content (AvgIpc) is 3.48. The molecule has 0 bridgehead atoms. The first kappa shape index (κ1) is 34.6. The van der Waals surface area contributed by atoms with Crippen LogP contribution in [0.1, 0.15) is 44.2 Å². The number of carbonyl (C=O) groups excluding carboxylic acids is 4. The van der Waals surface area contributed by atoms with Crippen LogP contribution in [0.3, 0.4) is 0 Å². The summed E-state index contributed by atoms with van der Waals surface area (Å²) in [6.45, 7) is 5.06. The van der Waals surface area contributed by atoms with E-state index in [1.54, 1.807) is 17.0 Å². The predicted octanol–water partition coefficient (Wildman–Crippen LogP) is 4.75. The molecule has 3 N–H and O–H groups in total. The number of Topliss-reactive ketones (excluding diaryl/α,β-unsaturated/α-hetero) is 1. The van der Waals surface area contributed by atoms with Gasteiger partial charge in [-0.1, -0.05) is 92.7 Å². The number of nitrogens with one attached hydrogen (secondary N) is 2. The van der Waals surface area contributed by atoms with Crippen LogP contribution in [0.4, 0.5) is 15.3 Å². The Morgan fingerprint density at radius 3 is 2.12 bits per heavy atom. The first-order valence-electron chi connectivity index (χ1n) is 16.9. The lowest BCUT2D eigenvalue weighted by atomic mass is 9.83. The lowest BCUT2D eigenvalue weighted by Gasteiger charge is -2.37. The van der Waals surface area contributed by atoms with Gasteiger partial charge in [0.05, 0.1) is 24.7 Å². The van der Waals surface area contributed by atoms with Gasteiger partial charge in [0.15, 0.2) is 11.9 Å². The molecule has 2 saturated heterocycles. The maximum absolute atomic E-state index is 14.0. The van der Waals surface area contributed by atoms with Crippen LogP contribution < -0.4 is 15.5 Å². The largest absolute Gasteiger partial charge is 0.434 e. The number of ether oxygens (including phenoxy) is 1. The fourth-order valence-corrected chi connectivity index (χ4v) is 6.76. The number of amides is 4. The third-order valence-corrected chi connectivity index (χ3v) is 9.10. The Hall–Kier alpha value is -4.70. The number of urea groups is 1. The van der Waals surface area contributed by atoms with Crippen LogP contribution in [0.25, 0.3) is 0 Å². The van der Waals surface area contributed by atoms with Crippen LogP contribution >= 0.6 is 0 Å². The van der Waals surface area contributed by atoms with E-state index in [1.807, 2.05) is 92.7 Å². The summed E-state index contributed by atoms with van der Waals surface area (Å²) in [7, 11) is 0. The molecule has 2 aliphatic heterocycles. The summed E-state index contributed by atoms with van der Waals surface area (Å²) < 4.78 is 5.46. The minimum absolute atomic E-state index is 0.0438. The van der Waals surface area contributed by atoms with E-state index in [1.165, 1.54) is 4.90 Å². The maximum atomic E-state index is 14.0. The number of hydrogen-bond donors (Lipinski definition) is 3. The third-order valence-electron chi connectivity index (χ3n) is 9.10. The number of aliphatic hydroxyl groups excluding tert-OH is 1. The second kappa shape index (κ2) is 16.4. The first-order valence-corrected chi connectivity index (χ1v) is 16.9. The van der Waals surface area contributed by atoms with Crippen molar-refractivity contribution in [3.8, 4) is 0 Å². The highest BCUT2D eigenvalue weighted by molar-refractivity contribution is 5.95. The van der Waals surface area contributed by atoms with E-state index in [0.717, 1.165) is 17.5 Å². The van der Waals surface area contributed by atoms with Gasteiger partial charge in [-0.15, -0.1) is 0 Å². The molecule has 2 aliphatic rings. The Kier molecular flexibility index (Phi) is 11.8. The predicted molar refractivity (Wildman–Crippen MR) is 183 cm³/mol. The number of aliphatic hydroxyl groups is 1. The zero-order valence-electron chi connectivity index (χ0n) is 27.7. The first-order chi connectivity index (χ1) is 23.2. The van der Waals surface area contributed by atoms with Gasteiger partial charge in [0.25, 0.3) is 5.91 Å². The highest BCUT2D eigenvalue weighted by Crippen LogP contribution is 2.26. The molecule has 0 saturated carbocycles. The highest BCUT2D eigenvalue weighted by Gasteiger charge is 2.39. The molecule has 0 aromatic heterocycles. The molecule has 5 atom stereocenters. The van der Waals surface area contributed by atoms with Crippen LogP contribution in [-0.4, -0.2) is 77.7 Å². The summed E-state index contributed by atoms with van der Waals surface area (Å²) in [5.74, 6) is -0.887. The molecule has 10 nitrogen and oxygen atoms in total. The molecular formula is C38H46N4O6. The summed E-state index contributed by atoms with van der Waals surface area (Å²) >= 11 is 0. The van der Waals surface area contributed by atoms with Crippen LogP contribution in [-0.2, 0) is 27.2 Å². The van der Waals surface area contributed by atoms with Crippen LogP contribution in [0.2, 0.25) is 0 Å². The molecule has 3 aromatic rings. The smallest absolute Gasteiger partial charge is 0.415 e.